The molecular weight excluding hydrogens is 743 g/mol. The number of aliphatic hydroxyl groups excluding tert-OH is 5. The lowest BCUT2D eigenvalue weighted by molar-refractivity contribution is -0.220. The summed E-state index contributed by atoms with van der Waals surface area (Å²) in [5, 5.41) is 50.0. The predicted octanol–water partition coefficient (Wildman–Crippen LogP) is 7.22. The smallest absolute Gasteiger partial charge is 0.462 e. The van der Waals surface area contributed by atoms with Gasteiger partial charge in [0.15, 0.2) is 6.10 Å². The number of rotatable bonds is 33. The Balaban J connectivity index is 2.47. The van der Waals surface area contributed by atoms with Gasteiger partial charge in [0.25, 0.3) is 0 Å². The van der Waals surface area contributed by atoms with Gasteiger partial charge in [0.05, 0.1) is 6.61 Å². The second-order valence-electron chi connectivity index (χ2n) is 14.5. The Kier molecular flexibility index (Phi) is 30.3. The van der Waals surface area contributed by atoms with Crippen LogP contribution in [-0.2, 0) is 32.7 Å². The highest BCUT2D eigenvalue weighted by atomic mass is 31.2. The largest absolute Gasteiger partial charge is 0.472 e. The third-order valence-electron chi connectivity index (χ3n) is 9.43. The van der Waals surface area contributed by atoms with Crippen molar-refractivity contribution in [3.63, 3.8) is 0 Å². The summed E-state index contributed by atoms with van der Waals surface area (Å²) < 4.78 is 33.3. The molecule has 1 aliphatic rings. The zero-order valence-corrected chi connectivity index (χ0v) is 34.8. The maximum Gasteiger partial charge on any atom is 0.472 e. The number of unbranched alkanes of at least 4 members (excludes halogenated alkanes) is 13. The van der Waals surface area contributed by atoms with Crippen LogP contribution in [-0.4, -0.2) is 98.3 Å². The lowest BCUT2D eigenvalue weighted by Crippen LogP contribution is -2.64. The van der Waals surface area contributed by atoms with Crippen LogP contribution in [0.5, 0.6) is 0 Å². The van der Waals surface area contributed by atoms with E-state index < -0.39 is 75.7 Å². The molecule has 6 unspecified atom stereocenters. The van der Waals surface area contributed by atoms with Crippen molar-refractivity contribution in [3.8, 4) is 0 Å². The van der Waals surface area contributed by atoms with E-state index in [1.807, 2.05) is 0 Å². The fraction of sp³-hybridized carbons (Fsp3) is 0.762. The Morgan fingerprint density at radius 1 is 0.571 bits per heavy atom. The molecule has 0 radical (unpaired) electrons. The molecule has 1 saturated carbocycles. The number of ether oxygens (including phenoxy) is 2. The summed E-state index contributed by atoms with van der Waals surface area (Å²) in [4.78, 5) is 35.4. The third kappa shape index (κ3) is 25.2. The average Bonchev–Trinajstić information content (AvgIpc) is 3.18. The highest BCUT2D eigenvalue weighted by Crippen LogP contribution is 2.47. The number of phosphoric ester groups is 1. The number of allylic oxidation sites excluding steroid dienone is 8. The Hall–Kier alpha value is -2.19. The molecular formula is C42H73O13P. The van der Waals surface area contributed by atoms with Crippen molar-refractivity contribution in [2.45, 2.75) is 191 Å². The van der Waals surface area contributed by atoms with E-state index in [1.165, 1.54) is 25.7 Å². The fourth-order valence-electron chi connectivity index (χ4n) is 6.04. The van der Waals surface area contributed by atoms with Crippen LogP contribution in [0.25, 0.3) is 0 Å². The van der Waals surface area contributed by atoms with E-state index >= 15 is 0 Å². The van der Waals surface area contributed by atoms with Gasteiger partial charge in [-0.2, -0.15) is 0 Å². The van der Waals surface area contributed by atoms with E-state index in [-0.39, 0.29) is 12.8 Å². The minimum atomic E-state index is -5.11. The quantitative estimate of drug-likeness (QED) is 0.0168. The van der Waals surface area contributed by atoms with Crippen molar-refractivity contribution in [1.29, 1.82) is 0 Å². The first-order valence-electron chi connectivity index (χ1n) is 20.9. The molecule has 0 aromatic rings. The number of hydrogen-bond donors (Lipinski definition) is 6. The number of aliphatic hydroxyl groups is 5. The molecule has 13 nitrogen and oxygen atoms in total. The maximum atomic E-state index is 12.7. The van der Waals surface area contributed by atoms with Crippen LogP contribution >= 0.6 is 7.82 Å². The summed E-state index contributed by atoms with van der Waals surface area (Å²) in [6.07, 6.45) is 23.4. The van der Waals surface area contributed by atoms with Gasteiger partial charge in [-0.1, -0.05) is 133 Å². The van der Waals surface area contributed by atoms with Crippen LogP contribution in [0.15, 0.2) is 48.6 Å². The lowest BCUT2D eigenvalue weighted by Gasteiger charge is -2.41. The second kappa shape index (κ2) is 32.7. The van der Waals surface area contributed by atoms with Crippen LogP contribution < -0.4 is 0 Å². The molecule has 0 spiro atoms. The first-order valence-corrected chi connectivity index (χ1v) is 22.4. The number of hydrogen-bond acceptors (Lipinski definition) is 12. The topological polar surface area (TPSA) is 210 Å². The van der Waals surface area contributed by atoms with Gasteiger partial charge in [0, 0.05) is 12.8 Å². The van der Waals surface area contributed by atoms with Gasteiger partial charge in [0.2, 0.25) is 0 Å². The Labute approximate surface area is 335 Å². The molecule has 0 aliphatic heterocycles. The van der Waals surface area contributed by atoms with Gasteiger partial charge in [-0.25, -0.2) is 4.57 Å². The van der Waals surface area contributed by atoms with E-state index in [0.29, 0.717) is 12.8 Å². The SMILES string of the molecule is CC/C=C\C/C=C\C/C=C\C/C=C\CCCCCCCCC(=O)OC(COC(=O)CCCCCCCCCC)COP(=O)(O)OC1C(O)C(O)C(O)C(O)C1O. The highest BCUT2D eigenvalue weighted by molar-refractivity contribution is 7.47. The Bertz CT molecular complexity index is 1170. The van der Waals surface area contributed by atoms with E-state index in [4.69, 9.17) is 18.5 Å². The predicted molar refractivity (Wildman–Crippen MR) is 216 cm³/mol. The molecule has 0 amide bonds. The summed E-state index contributed by atoms with van der Waals surface area (Å²) in [7, 11) is -5.11. The molecule has 6 N–H and O–H groups in total. The zero-order valence-electron chi connectivity index (χ0n) is 33.9. The van der Waals surface area contributed by atoms with Crippen molar-refractivity contribution in [3.05, 3.63) is 48.6 Å². The molecule has 1 aliphatic carbocycles. The first kappa shape index (κ1) is 51.8. The summed E-state index contributed by atoms with van der Waals surface area (Å²) in [5.74, 6) is -1.12. The van der Waals surface area contributed by atoms with Crippen LogP contribution in [0.3, 0.4) is 0 Å². The summed E-state index contributed by atoms with van der Waals surface area (Å²) >= 11 is 0. The van der Waals surface area contributed by atoms with Gasteiger partial charge in [-0.15, -0.1) is 0 Å². The minimum Gasteiger partial charge on any atom is -0.462 e. The van der Waals surface area contributed by atoms with Crippen molar-refractivity contribution in [2.24, 2.45) is 0 Å². The number of esters is 2. The van der Waals surface area contributed by atoms with E-state index in [1.54, 1.807) is 0 Å². The van der Waals surface area contributed by atoms with Crippen LogP contribution in [0, 0.1) is 0 Å². The summed E-state index contributed by atoms with van der Waals surface area (Å²) in [6, 6.07) is 0. The van der Waals surface area contributed by atoms with Gasteiger partial charge in [-0.3, -0.25) is 18.6 Å². The van der Waals surface area contributed by atoms with Crippen molar-refractivity contribution >= 4 is 19.8 Å². The number of carbonyl (C=O) groups excluding carboxylic acids is 2. The number of carbonyl (C=O) groups is 2. The molecule has 0 saturated heterocycles. The second-order valence-corrected chi connectivity index (χ2v) is 15.9. The normalized spacial score (nSPS) is 23.4. The Morgan fingerprint density at radius 2 is 1.02 bits per heavy atom. The molecule has 6 atom stereocenters. The maximum absolute atomic E-state index is 12.7. The standard InChI is InChI=1S/C42H73O13P/c1-3-5-7-9-11-13-14-15-16-17-18-19-20-21-22-23-25-27-29-31-36(44)54-34(32-52-35(43)30-28-26-24-12-10-8-6-4-2)33-53-56(50,51)55-42-40(48)38(46)37(45)39(47)41(42)49/h5,7,11,13,15-16,18-19,34,37-42,45-49H,3-4,6,8-10,12,14,17,20-33H2,1-2H3,(H,50,51)/b7-5-,13-11-,16-15-,19-18-. The van der Waals surface area contributed by atoms with Crippen molar-refractivity contribution in [2.75, 3.05) is 13.2 Å². The molecule has 324 valence electrons. The summed E-state index contributed by atoms with van der Waals surface area (Å²) in [5.41, 5.74) is 0. The molecule has 0 aromatic carbocycles. The van der Waals surface area contributed by atoms with Crippen molar-refractivity contribution < 1.29 is 63.1 Å². The first-order chi connectivity index (χ1) is 26.9. The van der Waals surface area contributed by atoms with Crippen molar-refractivity contribution in [1.82, 2.24) is 0 Å². The monoisotopic (exact) mass is 816 g/mol. The van der Waals surface area contributed by atoms with Gasteiger partial charge in [-0.05, 0) is 51.4 Å². The van der Waals surface area contributed by atoms with E-state index in [0.717, 1.165) is 83.5 Å². The lowest BCUT2D eigenvalue weighted by atomic mass is 9.85. The van der Waals surface area contributed by atoms with Crippen LogP contribution in [0.2, 0.25) is 0 Å². The van der Waals surface area contributed by atoms with E-state index in [2.05, 4.69) is 62.5 Å². The minimum absolute atomic E-state index is 0.0799. The highest BCUT2D eigenvalue weighted by Gasteiger charge is 2.51. The molecule has 1 fully saturated rings. The van der Waals surface area contributed by atoms with Gasteiger partial charge < -0.3 is 39.9 Å². The zero-order chi connectivity index (χ0) is 41.4. The van der Waals surface area contributed by atoms with E-state index in [9.17, 15) is 44.6 Å². The molecule has 14 heteroatoms. The van der Waals surface area contributed by atoms with Gasteiger partial charge in [0.1, 0.15) is 43.2 Å². The number of phosphoric acid groups is 1. The molecule has 0 heterocycles. The molecule has 1 rings (SSSR count). The van der Waals surface area contributed by atoms with Crippen LogP contribution in [0.1, 0.15) is 149 Å². The third-order valence-corrected chi connectivity index (χ3v) is 10.4. The molecule has 56 heavy (non-hydrogen) atoms. The van der Waals surface area contributed by atoms with Gasteiger partial charge >= 0.3 is 19.8 Å². The molecule has 0 bridgehead atoms. The van der Waals surface area contributed by atoms with Crippen LogP contribution in [0.4, 0.5) is 0 Å². The summed E-state index contributed by atoms with van der Waals surface area (Å²) in [6.45, 7) is 3.11. The molecule has 0 aromatic heterocycles. The fourth-order valence-corrected chi connectivity index (χ4v) is 7.01. The Morgan fingerprint density at radius 3 is 1.55 bits per heavy atom. The average molecular weight is 817 g/mol.